The van der Waals surface area contributed by atoms with Crippen LogP contribution in [0.1, 0.15) is 11.1 Å². The van der Waals surface area contributed by atoms with Gasteiger partial charge in [0, 0.05) is 26.8 Å². The van der Waals surface area contributed by atoms with E-state index < -0.39 is 0 Å². The van der Waals surface area contributed by atoms with Crippen LogP contribution in [0, 0.1) is 18.1 Å². The van der Waals surface area contributed by atoms with Crippen molar-refractivity contribution in [1.82, 2.24) is 0 Å². The van der Waals surface area contributed by atoms with Crippen molar-refractivity contribution in [3.05, 3.63) is 34.3 Å². The van der Waals surface area contributed by atoms with E-state index in [0.29, 0.717) is 0 Å². The standard InChI is InChI=1S/C9H6ClIS/c1-7-3-2-4-9(10)8(7)5-6-12-11/h2-4H,1H3. The van der Waals surface area contributed by atoms with Gasteiger partial charge in [-0.2, -0.15) is 0 Å². The maximum Gasteiger partial charge on any atom is 0.0565 e. The van der Waals surface area contributed by atoms with E-state index in [1.54, 1.807) is 0 Å². The molecule has 0 saturated carbocycles. The summed E-state index contributed by atoms with van der Waals surface area (Å²) in [6, 6.07) is 5.80. The molecule has 3 heteroatoms. The van der Waals surface area contributed by atoms with Gasteiger partial charge in [0.2, 0.25) is 0 Å². The van der Waals surface area contributed by atoms with Crippen LogP contribution in [0.4, 0.5) is 0 Å². The minimum absolute atomic E-state index is 0.730. The molecule has 12 heavy (non-hydrogen) atoms. The summed E-state index contributed by atoms with van der Waals surface area (Å²) in [5.74, 6) is 3.00. The van der Waals surface area contributed by atoms with E-state index in [2.05, 4.69) is 32.4 Å². The summed E-state index contributed by atoms with van der Waals surface area (Å²) in [4.78, 5) is 0. The maximum atomic E-state index is 5.95. The molecule has 1 rings (SSSR count). The van der Waals surface area contributed by atoms with Crippen molar-refractivity contribution in [2.45, 2.75) is 6.92 Å². The number of halogens is 2. The first kappa shape index (κ1) is 10.2. The average Bonchev–Trinajstić information content (AvgIpc) is 2.04. The lowest BCUT2D eigenvalue weighted by Crippen LogP contribution is -1.81. The Hall–Kier alpha value is 0.150. The van der Waals surface area contributed by atoms with E-state index in [1.807, 2.05) is 25.1 Å². The fraction of sp³-hybridized carbons (Fsp3) is 0.111. The molecule has 0 aromatic heterocycles. The van der Waals surface area contributed by atoms with Crippen LogP contribution in [0.3, 0.4) is 0 Å². The number of hydrogen-bond donors (Lipinski definition) is 0. The van der Waals surface area contributed by atoms with Gasteiger partial charge in [-0.3, -0.25) is 0 Å². The third-order valence-corrected chi connectivity index (χ3v) is 2.59. The Bertz CT molecular complexity index is 318. The average molecular weight is 309 g/mol. The summed E-state index contributed by atoms with van der Waals surface area (Å²) in [7, 11) is 1.46. The first-order chi connectivity index (χ1) is 5.75. The van der Waals surface area contributed by atoms with Crippen LogP contribution in [0.25, 0.3) is 0 Å². The minimum Gasteiger partial charge on any atom is -0.0830 e. The Morgan fingerprint density at radius 3 is 2.83 bits per heavy atom. The summed E-state index contributed by atoms with van der Waals surface area (Å²) >= 11 is 8.09. The van der Waals surface area contributed by atoms with E-state index in [0.717, 1.165) is 16.1 Å². The van der Waals surface area contributed by atoms with E-state index in [-0.39, 0.29) is 0 Å². The van der Waals surface area contributed by atoms with E-state index >= 15 is 0 Å². The molecule has 0 aliphatic heterocycles. The molecule has 0 aliphatic carbocycles. The van der Waals surface area contributed by atoms with Crippen molar-refractivity contribution in [1.29, 1.82) is 0 Å². The molecule has 0 fully saturated rings. The van der Waals surface area contributed by atoms with Gasteiger partial charge in [0.05, 0.1) is 5.02 Å². The highest BCUT2D eigenvalue weighted by atomic mass is 127. The van der Waals surface area contributed by atoms with Gasteiger partial charge in [-0.05, 0) is 32.7 Å². The fourth-order valence-corrected chi connectivity index (χ4v) is 1.60. The van der Waals surface area contributed by atoms with Crippen LogP contribution < -0.4 is 0 Å². The molecule has 0 unspecified atom stereocenters. The molecule has 0 aliphatic rings. The first-order valence-corrected chi connectivity index (χ1v) is 7.03. The van der Waals surface area contributed by atoms with Gasteiger partial charge in [-0.25, -0.2) is 0 Å². The Labute approximate surface area is 93.7 Å². The topological polar surface area (TPSA) is 0 Å². The van der Waals surface area contributed by atoms with E-state index in [4.69, 9.17) is 11.6 Å². The Morgan fingerprint density at radius 2 is 2.25 bits per heavy atom. The molecule has 0 N–H and O–H groups in total. The van der Waals surface area contributed by atoms with Crippen LogP contribution in [0.2, 0.25) is 5.02 Å². The number of benzene rings is 1. The molecule has 0 atom stereocenters. The second-order valence-electron chi connectivity index (χ2n) is 2.24. The third kappa shape index (κ3) is 2.58. The molecule has 0 bridgehead atoms. The number of hydrogen-bond acceptors (Lipinski definition) is 1. The molecule has 0 spiro atoms. The van der Waals surface area contributed by atoms with Crippen LogP contribution >= 0.6 is 41.7 Å². The van der Waals surface area contributed by atoms with Gasteiger partial charge in [0.25, 0.3) is 0 Å². The van der Waals surface area contributed by atoms with Crippen molar-refractivity contribution in [2.24, 2.45) is 0 Å². The van der Waals surface area contributed by atoms with Crippen molar-refractivity contribution < 1.29 is 0 Å². The SMILES string of the molecule is Cc1cccc(Cl)c1C#CSI. The molecule has 0 saturated heterocycles. The van der Waals surface area contributed by atoms with Gasteiger partial charge in [-0.1, -0.05) is 29.7 Å². The van der Waals surface area contributed by atoms with Gasteiger partial charge in [0.15, 0.2) is 0 Å². The van der Waals surface area contributed by atoms with E-state index in [1.165, 1.54) is 8.93 Å². The zero-order valence-electron chi connectivity index (χ0n) is 6.40. The highest BCUT2D eigenvalue weighted by Crippen LogP contribution is 2.18. The van der Waals surface area contributed by atoms with Gasteiger partial charge >= 0.3 is 0 Å². The van der Waals surface area contributed by atoms with Gasteiger partial charge in [-0.15, -0.1) is 0 Å². The second kappa shape index (κ2) is 5.00. The van der Waals surface area contributed by atoms with Crippen LogP contribution in [0.15, 0.2) is 18.2 Å². The predicted molar refractivity (Wildman–Crippen MR) is 64.7 cm³/mol. The molecule has 0 nitrogen and oxygen atoms in total. The molecule has 0 heterocycles. The Morgan fingerprint density at radius 1 is 1.50 bits per heavy atom. The summed E-state index contributed by atoms with van der Waals surface area (Å²) in [6.07, 6.45) is 0. The summed E-state index contributed by atoms with van der Waals surface area (Å²) in [5, 5.41) is 3.64. The predicted octanol–water partition coefficient (Wildman–Crippen LogP) is 4.04. The third-order valence-electron chi connectivity index (χ3n) is 1.44. The van der Waals surface area contributed by atoms with Crippen LogP contribution in [-0.4, -0.2) is 0 Å². The highest BCUT2D eigenvalue weighted by molar-refractivity contribution is 14.2. The lowest BCUT2D eigenvalue weighted by atomic mass is 10.1. The Kier molecular flexibility index (Phi) is 4.27. The lowest BCUT2D eigenvalue weighted by Gasteiger charge is -1.98. The molecule has 62 valence electrons. The van der Waals surface area contributed by atoms with Crippen molar-refractivity contribution >= 4 is 41.7 Å². The summed E-state index contributed by atoms with van der Waals surface area (Å²) < 4.78 is 0. The molecule has 0 amide bonds. The van der Waals surface area contributed by atoms with Crippen LogP contribution in [0.5, 0.6) is 0 Å². The van der Waals surface area contributed by atoms with Crippen LogP contribution in [-0.2, 0) is 0 Å². The molecular weight excluding hydrogens is 303 g/mol. The summed E-state index contributed by atoms with van der Waals surface area (Å²) in [5.41, 5.74) is 2.06. The van der Waals surface area contributed by atoms with Gasteiger partial charge in [0.1, 0.15) is 0 Å². The fourth-order valence-electron chi connectivity index (χ4n) is 0.861. The van der Waals surface area contributed by atoms with Gasteiger partial charge < -0.3 is 0 Å². The molecular formula is C9H6ClIS. The quantitative estimate of drug-likeness (QED) is 0.515. The van der Waals surface area contributed by atoms with Crippen molar-refractivity contribution in [3.8, 4) is 11.2 Å². The van der Waals surface area contributed by atoms with Crippen molar-refractivity contribution in [3.63, 3.8) is 0 Å². The molecule has 1 aromatic carbocycles. The maximum absolute atomic E-state index is 5.95. The van der Waals surface area contributed by atoms with Crippen molar-refractivity contribution in [2.75, 3.05) is 0 Å². The highest BCUT2D eigenvalue weighted by Gasteiger charge is 1.98. The smallest absolute Gasteiger partial charge is 0.0565 e. The number of aryl methyl sites for hydroxylation is 1. The summed E-state index contributed by atoms with van der Waals surface area (Å²) in [6.45, 7) is 2.01. The monoisotopic (exact) mass is 308 g/mol. The molecule has 1 aromatic rings. The largest absolute Gasteiger partial charge is 0.0830 e. The van der Waals surface area contributed by atoms with E-state index in [9.17, 15) is 0 Å². The lowest BCUT2D eigenvalue weighted by molar-refractivity contribution is 1.44. The second-order valence-corrected chi connectivity index (χ2v) is 4.32. The number of rotatable bonds is 0. The Balaban J connectivity index is 3.13. The zero-order valence-corrected chi connectivity index (χ0v) is 10.1. The zero-order chi connectivity index (χ0) is 8.97. The molecule has 0 radical (unpaired) electrons. The normalized spacial score (nSPS) is 8.92. The first-order valence-electron chi connectivity index (χ1n) is 3.29. The minimum atomic E-state index is 0.730.